The molecule has 0 bridgehead atoms. The van der Waals surface area contributed by atoms with Crippen molar-refractivity contribution in [2.45, 2.75) is 172 Å². The van der Waals surface area contributed by atoms with Gasteiger partial charge in [-0.15, -0.1) is 0 Å². The first-order chi connectivity index (χ1) is 41.2. The average molecular weight is 1260 g/mol. The first-order valence-electron chi connectivity index (χ1n) is 28.4. The third-order valence-electron chi connectivity index (χ3n) is 12.5. The molecule has 28 N–H and O–H groups in total. The van der Waals surface area contributed by atoms with Gasteiger partial charge in [0.25, 0.3) is 0 Å². The summed E-state index contributed by atoms with van der Waals surface area (Å²) in [7, 11) is 0. The topological polar surface area (TPSA) is 636 Å². The molecule has 88 heavy (non-hydrogen) atoms. The largest absolute Gasteiger partial charge is 0.481 e. The molecule has 0 saturated heterocycles. The highest BCUT2D eigenvalue weighted by Crippen LogP contribution is 2.11. The van der Waals surface area contributed by atoms with Gasteiger partial charge in [0, 0.05) is 13.1 Å². The number of carboxylic acids is 2. The third-order valence-corrected chi connectivity index (χ3v) is 12.5. The molecular weight excluding hydrogens is 1170 g/mol. The molecule has 0 spiro atoms. The molecule has 0 aliphatic carbocycles. The summed E-state index contributed by atoms with van der Waals surface area (Å²) in [5, 5.41) is 73.8. The highest BCUT2D eigenvalue weighted by molar-refractivity contribution is 5.99. The Kier molecular flexibility index (Phi) is 38.2. The normalized spacial score (nSPS) is 14.7. The van der Waals surface area contributed by atoms with E-state index in [1.165, 1.54) is 6.92 Å². The molecule has 0 aliphatic heterocycles. The van der Waals surface area contributed by atoms with Crippen molar-refractivity contribution in [2.24, 2.45) is 56.2 Å². The smallest absolute Gasteiger partial charge is 0.325 e. The molecule has 0 fully saturated rings. The number of hydrogen-bond acceptors (Lipinski definition) is 20. The number of aliphatic imine (C=N–C) groups is 2. The van der Waals surface area contributed by atoms with Gasteiger partial charge in [0.05, 0.1) is 32.8 Å². The lowest BCUT2D eigenvalue weighted by atomic mass is 10.0. The van der Waals surface area contributed by atoms with Crippen LogP contribution in [0, 0.1) is 11.8 Å². The zero-order valence-corrected chi connectivity index (χ0v) is 50.4. The Morgan fingerprint density at radius 2 is 0.761 bits per heavy atom. The maximum absolute atomic E-state index is 14.3. The Labute approximate surface area is 508 Å². The second kappa shape index (κ2) is 42.3. The van der Waals surface area contributed by atoms with Gasteiger partial charge in [-0.2, -0.15) is 0 Å². The van der Waals surface area contributed by atoms with E-state index < -0.39 is 176 Å². The molecule has 37 heteroatoms. The van der Waals surface area contributed by atoms with Gasteiger partial charge in [-0.1, -0.05) is 27.7 Å². The molecule has 11 amide bonds. The van der Waals surface area contributed by atoms with Crippen molar-refractivity contribution in [3.8, 4) is 0 Å². The van der Waals surface area contributed by atoms with Crippen LogP contribution in [0.5, 0.6) is 0 Å². The van der Waals surface area contributed by atoms with Crippen molar-refractivity contribution < 1.29 is 87.9 Å². The van der Waals surface area contributed by atoms with E-state index >= 15 is 0 Å². The molecular formula is C51H93N19O18. The molecule has 0 rings (SSSR count). The van der Waals surface area contributed by atoms with E-state index in [0.29, 0.717) is 6.42 Å². The Morgan fingerprint density at radius 3 is 1.16 bits per heavy atom. The summed E-state index contributed by atoms with van der Waals surface area (Å²) in [6.07, 6.45) is -0.935. The third kappa shape index (κ3) is 32.8. The number of aliphatic hydroxyl groups excluding tert-OH is 3. The number of nitrogens with one attached hydrogen (secondary N) is 11. The van der Waals surface area contributed by atoms with Crippen LogP contribution < -0.4 is 92.9 Å². The van der Waals surface area contributed by atoms with Crippen LogP contribution in [0.2, 0.25) is 0 Å². The molecule has 0 saturated carbocycles. The molecule has 0 aromatic heterocycles. The van der Waals surface area contributed by atoms with Gasteiger partial charge in [-0.05, 0) is 90.0 Å². The monoisotopic (exact) mass is 1260 g/mol. The minimum Gasteiger partial charge on any atom is -0.481 e. The fourth-order valence-corrected chi connectivity index (χ4v) is 7.80. The van der Waals surface area contributed by atoms with Crippen LogP contribution in [0.15, 0.2) is 9.98 Å². The van der Waals surface area contributed by atoms with Gasteiger partial charge in [0.2, 0.25) is 65.0 Å². The standard InChI is InChI=1S/C51H93N19O18/c1-24(2)17-32(63-37(74)20-60-40(78)28(53)21-71)44(82)65-29(11-7-8-14-52)43(81)69-36(23-73)48(86)66-31(13-10-16-59-51(56)57)42(80)64-30(12-9-15-58-50(54)55)41(79)61-26(5)39(77)67-33(18-25(3)4)45(83)68-34(19-38(75)76)46(84)70-35(22-72)47(85)62-27(6)49(87)88/h24-36,71-73H,7-23,52-53H2,1-6H3,(H,60,78)(H,61,79)(H,62,85)(H,63,74)(H,64,80)(H,65,82)(H,66,86)(H,67,77)(H,68,83)(H,69,81)(H,70,84)(H,75,76)(H,87,88)(H4,54,55,58)(H4,56,57,59)/t26-,27-,28-,29-,30-,31-,32-,33-,34-,35-,36-/m0/s1. The number of hydrogen-bond donors (Lipinski definition) is 22. The fraction of sp³-hybridized carbons (Fsp3) is 0.706. The highest BCUT2D eigenvalue weighted by atomic mass is 16.4. The Bertz CT molecular complexity index is 2410. The number of aliphatic carboxylic acids is 2. The maximum Gasteiger partial charge on any atom is 0.325 e. The van der Waals surface area contributed by atoms with Gasteiger partial charge in [-0.3, -0.25) is 72.3 Å². The quantitative estimate of drug-likeness (QED) is 0.0153. The number of aliphatic hydroxyl groups is 3. The summed E-state index contributed by atoms with van der Waals surface area (Å²) < 4.78 is 0. The predicted octanol–water partition coefficient (Wildman–Crippen LogP) is -9.82. The summed E-state index contributed by atoms with van der Waals surface area (Å²) in [6.45, 7) is 5.74. The lowest BCUT2D eigenvalue weighted by Gasteiger charge is -2.28. The van der Waals surface area contributed by atoms with E-state index in [1.807, 2.05) is 5.32 Å². The number of carboxylic acid groups (broad SMARTS) is 2. The number of carbonyl (C=O) groups excluding carboxylic acids is 11. The van der Waals surface area contributed by atoms with Crippen LogP contribution in [0.1, 0.15) is 106 Å². The first-order valence-corrected chi connectivity index (χ1v) is 28.4. The first kappa shape index (κ1) is 79.5. The number of unbranched alkanes of at least 4 members (excludes halogenated alkanes) is 1. The van der Waals surface area contributed by atoms with Crippen LogP contribution in [-0.4, -0.2) is 227 Å². The Morgan fingerprint density at radius 1 is 0.409 bits per heavy atom. The number of carbonyl (C=O) groups is 13. The molecule has 0 heterocycles. The fourth-order valence-electron chi connectivity index (χ4n) is 7.80. The van der Waals surface area contributed by atoms with Gasteiger partial charge < -0.3 is 118 Å². The maximum atomic E-state index is 14.3. The molecule has 500 valence electrons. The van der Waals surface area contributed by atoms with Crippen LogP contribution in [0.3, 0.4) is 0 Å². The summed E-state index contributed by atoms with van der Waals surface area (Å²) in [6, 6.07) is -17.0. The molecule has 0 unspecified atom stereocenters. The minimum atomic E-state index is -1.92. The molecule has 11 atom stereocenters. The van der Waals surface area contributed by atoms with Crippen molar-refractivity contribution in [3.63, 3.8) is 0 Å². The van der Waals surface area contributed by atoms with Crippen LogP contribution >= 0.6 is 0 Å². The number of nitrogens with zero attached hydrogens (tertiary/aromatic N) is 2. The zero-order chi connectivity index (χ0) is 67.4. The van der Waals surface area contributed by atoms with E-state index in [-0.39, 0.29) is 94.8 Å². The zero-order valence-electron chi connectivity index (χ0n) is 50.4. The van der Waals surface area contributed by atoms with Gasteiger partial charge >= 0.3 is 11.9 Å². The van der Waals surface area contributed by atoms with E-state index in [1.54, 1.807) is 27.7 Å². The van der Waals surface area contributed by atoms with E-state index in [9.17, 15) is 77.6 Å². The number of amides is 11. The number of guanidine groups is 2. The van der Waals surface area contributed by atoms with Crippen molar-refractivity contribution in [3.05, 3.63) is 0 Å². The van der Waals surface area contributed by atoms with Crippen LogP contribution in [-0.2, 0) is 62.3 Å². The lowest BCUT2D eigenvalue weighted by Crippen LogP contribution is -2.61. The van der Waals surface area contributed by atoms with Crippen molar-refractivity contribution >= 4 is 88.8 Å². The number of nitrogens with two attached hydrogens (primary N) is 6. The van der Waals surface area contributed by atoms with E-state index in [4.69, 9.17) is 44.6 Å². The second-order valence-electron chi connectivity index (χ2n) is 21.3. The molecule has 0 aliphatic rings. The summed E-state index contributed by atoms with van der Waals surface area (Å²) in [4.78, 5) is 179. The van der Waals surface area contributed by atoms with Gasteiger partial charge in [0.1, 0.15) is 66.5 Å². The van der Waals surface area contributed by atoms with Crippen LogP contribution in [0.4, 0.5) is 0 Å². The Hall–Kier alpha value is -8.55. The summed E-state index contributed by atoms with van der Waals surface area (Å²) >= 11 is 0. The Balaban J connectivity index is 6.81. The number of rotatable bonds is 44. The molecule has 0 aromatic carbocycles. The van der Waals surface area contributed by atoms with Gasteiger partial charge in [0.15, 0.2) is 11.9 Å². The van der Waals surface area contributed by atoms with Crippen molar-refractivity contribution in [1.82, 2.24) is 58.5 Å². The van der Waals surface area contributed by atoms with Gasteiger partial charge in [-0.25, -0.2) is 0 Å². The van der Waals surface area contributed by atoms with Crippen molar-refractivity contribution in [1.29, 1.82) is 0 Å². The minimum absolute atomic E-state index is 0.0119. The highest BCUT2D eigenvalue weighted by Gasteiger charge is 2.36. The SMILES string of the molecule is CC(C)C[C@H](NC(=O)CNC(=O)[C@@H](N)CO)C(=O)N[C@@H](CCCCN)C(=O)N[C@@H](CO)C(=O)N[C@@H](CCCN=C(N)N)C(=O)N[C@@H](CCCN=C(N)N)C(=O)N[C@@H](C)C(=O)N[C@@H](CC(C)C)C(=O)N[C@@H](CC(=O)O)C(=O)N[C@@H](CO)C(=O)N[C@@H](C)C(=O)O. The molecule has 0 radical (unpaired) electrons. The van der Waals surface area contributed by atoms with E-state index in [0.717, 1.165) is 6.92 Å². The summed E-state index contributed by atoms with van der Waals surface area (Å²) in [5.41, 5.74) is 33.1. The average Bonchev–Trinajstić information content (AvgIpc) is 3.64. The molecule has 0 aromatic rings. The predicted molar refractivity (Wildman–Crippen MR) is 314 cm³/mol. The van der Waals surface area contributed by atoms with Crippen molar-refractivity contribution in [2.75, 3.05) is 46.0 Å². The van der Waals surface area contributed by atoms with E-state index in [2.05, 4.69) is 63.2 Å². The second-order valence-corrected chi connectivity index (χ2v) is 21.3. The summed E-state index contributed by atoms with van der Waals surface area (Å²) in [5.74, 6) is -15.3. The lowest BCUT2D eigenvalue weighted by molar-refractivity contribution is -0.143. The van der Waals surface area contributed by atoms with Crippen LogP contribution in [0.25, 0.3) is 0 Å². The molecule has 37 nitrogen and oxygen atoms in total.